The molecule has 72 valence electrons. The monoisotopic (exact) mass is 179 g/mol. The third kappa shape index (κ3) is 3.63. The second-order valence-electron chi connectivity index (χ2n) is 2.33. The quantitative estimate of drug-likeness (QED) is 0.276. The van der Waals surface area contributed by atoms with E-state index in [4.69, 9.17) is 20.4 Å². The number of amides is 1. The van der Waals surface area contributed by atoms with Crippen LogP contribution in [0.1, 0.15) is 0 Å². The standard InChI is InChI=1S/C6H13NO5/c8-2-5(11)6(12)4(10)1-7-3-9/h3-6,8,10-12H,1-2H2,(H,7,9)/t4-,5+,6-/m0/s1. The van der Waals surface area contributed by atoms with Gasteiger partial charge < -0.3 is 25.7 Å². The molecule has 0 rings (SSSR count). The number of rotatable bonds is 6. The maximum absolute atomic E-state index is 9.76. The average Bonchev–Trinajstić information content (AvgIpc) is 2.11. The van der Waals surface area contributed by atoms with Crippen LogP contribution in [0.2, 0.25) is 0 Å². The molecule has 0 radical (unpaired) electrons. The maximum atomic E-state index is 9.76. The summed E-state index contributed by atoms with van der Waals surface area (Å²) < 4.78 is 0. The van der Waals surface area contributed by atoms with Crippen molar-refractivity contribution in [3.05, 3.63) is 0 Å². The SMILES string of the molecule is O=CNC[C@H](O)[C@H](O)[C@H](O)CO. The van der Waals surface area contributed by atoms with Crippen molar-refractivity contribution in [1.82, 2.24) is 5.32 Å². The van der Waals surface area contributed by atoms with Gasteiger partial charge in [0.1, 0.15) is 12.2 Å². The predicted octanol–water partition coefficient (Wildman–Crippen LogP) is -3.19. The molecule has 0 fully saturated rings. The molecule has 1 amide bonds. The summed E-state index contributed by atoms with van der Waals surface area (Å²) in [7, 11) is 0. The van der Waals surface area contributed by atoms with E-state index >= 15 is 0 Å². The predicted molar refractivity (Wildman–Crippen MR) is 39.2 cm³/mol. The van der Waals surface area contributed by atoms with Crippen LogP contribution in [0.5, 0.6) is 0 Å². The molecule has 0 heterocycles. The van der Waals surface area contributed by atoms with Gasteiger partial charge in [-0.25, -0.2) is 0 Å². The lowest BCUT2D eigenvalue weighted by molar-refractivity contribution is -0.111. The summed E-state index contributed by atoms with van der Waals surface area (Å²) in [5, 5.41) is 37.3. The van der Waals surface area contributed by atoms with E-state index in [1.165, 1.54) is 0 Å². The van der Waals surface area contributed by atoms with Gasteiger partial charge in [-0.05, 0) is 0 Å². The first-order valence-corrected chi connectivity index (χ1v) is 3.45. The molecule has 0 bridgehead atoms. The van der Waals surface area contributed by atoms with Crippen molar-refractivity contribution in [2.45, 2.75) is 18.3 Å². The molecular weight excluding hydrogens is 166 g/mol. The molecule has 5 N–H and O–H groups in total. The van der Waals surface area contributed by atoms with Crippen molar-refractivity contribution in [2.24, 2.45) is 0 Å². The molecule has 0 aliphatic carbocycles. The average molecular weight is 179 g/mol. The Bertz CT molecular complexity index is 131. The maximum Gasteiger partial charge on any atom is 0.207 e. The highest BCUT2D eigenvalue weighted by atomic mass is 16.4. The molecule has 0 aliphatic heterocycles. The van der Waals surface area contributed by atoms with Crippen LogP contribution in [0.3, 0.4) is 0 Å². The molecule has 12 heavy (non-hydrogen) atoms. The van der Waals surface area contributed by atoms with Crippen molar-refractivity contribution in [2.75, 3.05) is 13.2 Å². The van der Waals surface area contributed by atoms with E-state index in [2.05, 4.69) is 5.32 Å². The van der Waals surface area contributed by atoms with Gasteiger partial charge in [-0.3, -0.25) is 4.79 Å². The molecular formula is C6H13NO5. The zero-order chi connectivity index (χ0) is 9.56. The summed E-state index contributed by atoms with van der Waals surface area (Å²) >= 11 is 0. The highest BCUT2D eigenvalue weighted by Crippen LogP contribution is 1.98. The Hall–Kier alpha value is -0.690. The Kier molecular flexibility index (Phi) is 5.56. The Morgan fingerprint density at radius 3 is 2.25 bits per heavy atom. The van der Waals surface area contributed by atoms with Gasteiger partial charge >= 0.3 is 0 Å². The minimum Gasteiger partial charge on any atom is -0.394 e. The summed E-state index contributed by atoms with van der Waals surface area (Å²) in [4.78, 5) is 9.76. The lowest BCUT2D eigenvalue weighted by Crippen LogP contribution is -2.44. The van der Waals surface area contributed by atoms with Crippen LogP contribution in [0.25, 0.3) is 0 Å². The van der Waals surface area contributed by atoms with Gasteiger partial charge in [-0.1, -0.05) is 0 Å². The number of carbonyl (C=O) groups excluding carboxylic acids is 1. The van der Waals surface area contributed by atoms with E-state index < -0.39 is 24.9 Å². The van der Waals surface area contributed by atoms with Gasteiger partial charge in [0.25, 0.3) is 0 Å². The molecule has 0 aromatic carbocycles. The van der Waals surface area contributed by atoms with E-state index in [1.54, 1.807) is 0 Å². The third-order valence-electron chi connectivity index (χ3n) is 1.39. The first kappa shape index (κ1) is 11.3. The lowest BCUT2D eigenvalue weighted by atomic mass is 10.1. The van der Waals surface area contributed by atoms with Gasteiger partial charge in [0, 0.05) is 6.54 Å². The van der Waals surface area contributed by atoms with Gasteiger partial charge in [-0.15, -0.1) is 0 Å². The second kappa shape index (κ2) is 5.90. The molecule has 0 saturated heterocycles. The number of carbonyl (C=O) groups is 1. The third-order valence-corrected chi connectivity index (χ3v) is 1.39. The van der Waals surface area contributed by atoms with Crippen molar-refractivity contribution in [3.63, 3.8) is 0 Å². The minimum atomic E-state index is -1.46. The Labute approximate surface area is 69.5 Å². The number of aliphatic hydroxyl groups excluding tert-OH is 4. The van der Waals surface area contributed by atoms with E-state index in [0.717, 1.165) is 0 Å². The highest BCUT2D eigenvalue weighted by Gasteiger charge is 2.23. The van der Waals surface area contributed by atoms with Crippen LogP contribution in [-0.2, 0) is 4.79 Å². The highest BCUT2D eigenvalue weighted by molar-refractivity contribution is 5.45. The molecule has 3 atom stereocenters. The van der Waals surface area contributed by atoms with E-state index in [9.17, 15) is 4.79 Å². The van der Waals surface area contributed by atoms with Crippen LogP contribution in [0.4, 0.5) is 0 Å². The Balaban J connectivity index is 3.74. The first-order valence-electron chi connectivity index (χ1n) is 3.45. The summed E-state index contributed by atoms with van der Waals surface area (Å²) in [5.74, 6) is 0. The molecule has 0 aliphatic rings. The number of aliphatic hydroxyl groups is 4. The largest absolute Gasteiger partial charge is 0.394 e. The minimum absolute atomic E-state index is 0.165. The molecule has 0 aromatic rings. The molecule has 6 heteroatoms. The van der Waals surface area contributed by atoms with E-state index in [0.29, 0.717) is 6.41 Å². The van der Waals surface area contributed by atoms with Gasteiger partial charge in [0.15, 0.2) is 0 Å². The van der Waals surface area contributed by atoms with Crippen LogP contribution in [-0.4, -0.2) is 58.3 Å². The normalized spacial score (nSPS) is 18.0. The number of hydrogen-bond donors (Lipinski definition) is 5. The van der Waals surface area contributed by atoms with E-state index in [-0.39, 0.29) is 6.54 Å². The van der Waals surface area contributed by atoms with Gasteiger partial charge in [-0.2, -0.15) is 0 Å². The molecule has 0 unspecified atom stereocenters. The van der Waals surface area contributed by atoms with Crippen molar-refractivity contribution in [1.29, 1.82) is 0 Å². The molecule has 6 nitrogen and oxygen atoms in total. The fourth-order valence-electron chi connectivity index (χ4n) is 0.654. The zero-order valence-electron chi connectivity index (χ0n) is 6.42. The summed E-state index contributed by atoms with van der Waals surface area (Å²) in [6.07, 6.45) is -3.77. The van der Waals surface area contributed by atoms with Crippen molar-refractivity contribution in [3.8, 4) is 0 Å². The summed E-state index contributed by atoms with van der Waals surface area (Å²) in [6.45, 7) is -0.805. The lowest BCUT2D eigenvalue weighted by Gasteiger charge is -2.20. The number of hydrogen-bond acceptors (Lipinski definition) is 5. The van der Waals surface area contributed by atoms with Crippen LogP contribution in [0.15, 0.2) is 0 Å². The molecule has 0 aromatic heterocycles. The smallest absolute Gasteiger partial charge is 0.207 e. The van der Waals surface area contributed by atoms with Crippen LogP contribution >= 0.6 is 0 Å². The van der Waals surface area contributed by atoms with Crippen LogP contribution in [0, 0.1) is 0 Å². The van der Waals surface area contributed by atoms with Gasteiger partial charge in [0.2, 0.25) is 6.41 Å². The number of nitrogens with one attached hydrogen (secondary N) is 1. The van der Waals surface area contributed by atoms with E-state index in [1.807, 2.05) is 0 Å². The first-order chi connectivity index (χ1) is 5.63. The topological polar surface area (TPSA) is 110 Å². The fourth-order valence-corrected chi connectivity index (χ4v) is 0.654. The van der Waals surface area contributed by atoms with Crippen molar-refractivity contribution < 1.29 is 25.2 Å². The summed E-state index contributed by atoms with van der Waals surface area (Å²) in [5.41, 5.74) is 0. The Morgan fingerprint density at radius 2 is 1.83 bits per heavy atom. The second-order valence-corrected chi connectivity index (χ2v) is 2.33. The van der Waals surface area contributed by atoms with Crippen LogP contribution < -0.4 is 5.32 Å². The molecule has 0 saturated carbocycles. The zero-order valence-corrected chi connectivity index (χ0v) is 6.42. The van der Waals surface area contributed by atoms with Gasteiger partial charge in [0.05, 0.1) is 12.7 Å². The fraction of sp³-hybridized carbons (Fsp3) is 0.833. The Morgan fingerprint density at radius 1 is 1.25 bits per heavy atom. The summed E-state index contributed by atoms with van der Waals surface area (Å²) in [6, 6.07) is 0. The molecule has 0 spiro atoms. The van der Waals surface area contributed by atoms with Crippen molar-refractivity contribution >= 4 is 6.41 Å².